The van der Waals surface area contributed by atoms with Crippen LogP contribution in [0.5, 0.6) is 0 Å². The second-order valence-corrected chi connectivity index (χ2v) is 10.9. The zero-order valence-electron chi connectivity index (χ0n) is 18.1. The van der Waals surface area contributed by atoms with Crippen LogP contribution >= 0.6 is 0 Å². The average Bonchev–Trinajstić information content (AvgIpc) is 2.90. The molecule has 9 unspecified atom stereocenters. The number of aliphatic hydroxyl groups excluding tert-OH is 1. The molecule has 0 aliphatic heterocycles. The van der Waals surface area contributed by atoms with E-state index in [0.717, 1.165) is 19.3 Å². The van der Waals surface area contributed by atoms with Gasteiger partial charge in [-0.25, -0.2) is 0 Å². The van der Waals surface area contributed by atoms with Gasteiger partial charge in [0.15, 0.2) is 5.78 Å². The lowest BCUT2D eigenvalue weighted by atomic mass is 9.42. The van der Waals surface area contributed by atoms with Crippen LogP contribution in [0.25, 0.3) is 0 Å². The van der Waals surface area contributed by atoms with Crippen molar-refractivity contribution in [3.05, 3.63) is 0 Å². The molecule has 4 aliphatic carbocycles. The summed E-state index contributed by atoms with van der Waals surface area (Å²) < 4.78 is 5.68. The van der Waals surface area contributed by atoms with Crippen molar-refractivity contribution >= 4 is 11.8 Å². The predicted molar refractivity (Wildman–Crippen MR) is 106 cm³/mol. The summed E-state index contributed by atoms with van der Waals surface area (Å²) in [6.45, 7) is 7.00. The molecule has 0 heterocycles. The molecule has 29 heavy (non-hydrogen) atoms. The Kier molecular flexibility index (Phi) is 4.77. The molecule has 0 amide bonds. The fraction of sp³-hybridized carbons (Fsp3) is 0.913. The number of carbonyl (C=O) groups is 2. The van der Waals surface area contributed by atoms with Gasteiger partial charge < -0.3 is 20.1 Å². The van der Waals surface area contributed by atoms with Crippen molar-refractivity contribution in [3.8, 4) is 0 Å². The zero-order chi connectivity index (χ0) is 21.4. The molecule has 0 aromatic carbocycles. The standard InChI is InChI=1S/C23H36O6/c1-13(24)22(27)10-7-18-16-11-19(29-14(2)25)23(28)12-15(26)5-8-21(23,4)17(16)6-9-20(18,22)3/h15-19,26-28H,5-12H2,1-4H3. The molecule has 0 radical (unpaired) electrons. The highest BCUT2D eigenvalue weighted by atomic mass is 16.6. The molecule has 3 N–H and O–H groups in total. The van der Waals surface area contributed by atoms with Crippen molar-refractivity contribution in [2.75, 3.05) is 0 Å². The molecule has 4 saturated carbocycles. The van der Waals surface area contributed by atoms with Gasteiger partial charge in [-0.2, -0.15) is 0 Å². The maximum absolute atomic E-state index is 12.4. The number of hydrogen-bond donors (Lipinski definition) is 3. The minimum atomic E-state index is -1.29. The molecule has 6 heteroatoms. The molecule has 0 spiro atoms. The minimum absolute atomic E-state index is 0.154. The van der Waals surface area contributed by atoms with Crippen LogP contribution in [0.4, 0.5) is 0 Å². The first-order valence-electron chi connectivity index (χ1n) is 11.2. The van der Waals surface area contributed by atoms with Gasteiger partial charge in [0.05, 0.1) is 6.10 Å². The summed E-state index contributed by atoms with van der Waals surface area (Å²) in [4.78, 5) is 24.3. The molecule has 0 saturated heterocycles. The van der Waals surface area contributed by atoms with Crippen molar-refractivity contribution in [1.82, 2.24) is 0 Å². The Morgan fingerprint density at radius 3 is 2.14 bits per heavy atom. The van der Waals surface area contributed by atoms with Gasteiger partial charge in [0, 0.05) is 24.2 Å². The third kappa shape index (κ3) is 2.64. The van der Waals surface area contributed by atoms with E-state index in [9.17, 15) is 24.9 Å². The first-order chi connectivity index (χ1) is 13.4. The highest BCUT2D eigenvalue weighted by Gasteiger charge is 2.71. The van der Waals surface area contributed by atoms with E-state index >= 15 is 0 Å². The molecule has 4 rings (SSSR count). The molecular formula is C23H36O6. The van der Waals surface area contributed by atoms with Crippen molar-refractivity contribution in [3.63, 3.8) is 0 Å². The molecule has 6 nitrogen and oxygen atoms in total. The second kappa shape index (κ2) is 6.51. The number of carbonyl (C=O) groups excluding carboxylic acids is 2. The number of rotatable bonds is 2. The summed E-state index contributed by atoms with van der Waals surface area (Å²) in [6, 6.07) is 0. The van der Waals surface area contributed by atoms with E-state index in [1.807, 2.05) is 0 Å². The minimum Gasteiger partial charge on any atom is -0.459 e. The average molecular weight is 409 g/mol. The van der Waals surface area contributed by atoms with E-state index in [1.165, 1.54) is 13.8 Å². The molecule has 164 valence electrons. The van der Waals surface area contributed by atoms with Crippen LogP contribution in [0.2, 0.25) is 0 Å². The largest absolute Gasteiger partial charge is 0.459 e. The van der Waals surface area contributed by atoms with Crippen molar-refractivity contribution in [2.24, 2.45) is 28.6 Å². The number of fused-ring (bicyclic) bond motifs is 5. The molecule has 0 bridgehead atoms. The van der Waals surface area contributed by atoms with E-state index < -0.39 is 40.2 Å². The smallest absolute Gasteiger partial charge is 0.303 e. The van der Waals surface area contributed by atoms with Crippen LogP contribution in [-0.4, -0.2) is 50.5 Å². The number of hydrogen-bond acceptors (Lipinski definition) is 6. The fourth-order valence-electron chi connectivity index (χ4n) is 8.17. The van der Waals surface area contributed by atoms with Gasteiger partial charge >= 0.3 is 5.97 Å². The van der Waals surface area contributed by atoms with Crippen LogP contribution in [0.1, 0.15) is 79.1 Å². The number of Topliss-reactive ketones (excluding diaryl/α,β-unsaturated/α-hetero) is 1. The van der Waals surface area contributed by atoms with Gasteiger partial charge in [0.2, 0.25) is 0 Å². The van der Waals surface area contributed by atoms with Gasteiger partial charge in [-0.3, -0.25) is 9.59 Å². The Balaban J connectivity index is 1.75. The molecule has 4 fully saturated rings. The van der Waals surface area contributed by atoms with Crippen LogP contribution < -0.4 is 0 Å². The van der Waals surface area contributed by atoms with Gasteiger partial charge in [-0.1, -0.05) is 13.8 Å². The Morgan fingerprint density at radius 1 is 0.931 bits per heavy atom. The van der Waals surface area contributed by atoms with E-state index in [4.69, 9.17) is 4.74 Å². The summed E-state index contributed by atoms with van der Waals surface area (Å²) in [5, 5.41) is 33.4. The number of aliphatic hydroxyl groups is 3. The Hall–Kier alpha value is -0.980. The van der Waals surface area contributed by atoms with Crippen LogP contribution in [0.15, 0.2) is 0 Å². The van der Waals surface area contributed by atoms with Crippen molar-refractivity contribution in [2.45, 2.75) is 102 Å². The van der Waals surface area contributed by atoms with Gasteiger partial charge in [0.25, 0.3) is 0 Å². The Morgan fingerprint density at radius 2 is 1.52 bits per heavy atom. The fourth-order valence-corrected chi connectivity index (χ4v) is 8.17. The summed E-state index contributed by atoms with van der Waals surface area (Å²) in [7, 11) is 0. The van der Waals surface area contributed by atoms with E-state index in [0.29, 0.717) is 25.7 Å². The molecule has 0 aromatic rings. The summed E-state index contributed by atoms with van der Waals surface area (Å²) in [5.41, 5.74) is -3.49. The van der Waals surface area contributed by atoms with Crippen LogP contribution in [-0.2, 0) is 14.3 Å². The summed E-state index contributed by atoms with van der Waals surface area (Å²) in [6.07, 6.45) is 3.64. The maximum atomic E-state index is 12.4. The lowest BCUT2D eigenvalue weighted by Gasteiger charge is -2.65. The van der Waals surface area contributed by atoms with E-state index in [2.05, 4.69) is 13.8 Å². The highest BCUT2D eigenvalue weighted by Crippen LogP contribution is 2.69. The van der Waals surface area contributed by atoms with Crippen molar-refractivity contribution < 1.29 is 29.6 Å². The van der Waals surface area contributed by atoms with E-state index in [1.54, 1.807) is 0 Å². The maximum Gasteiger partial charge on any atom is 0.303 e. The van der Waals surface area contributed by atoms with Gasteiger partial charge in [-0.15, -0.1) is 0 Å². The molecular weight excluding hydrogens is 372 g/mol. The van der Waals surface area contributed by atoms with E-state index in [-0.39, 0.29) is 30.0 Å². The zero-order valence-corrected chi connectivity index (χ0v) is 18.1. The summed E-state index contributed by atoms with van der Waals surface area (Å²) >= 11 is 0. The lowest BCUT2D eigenvalue weighted by Crippen LogP contribution is -2.70. The quantitative estimate of drug-likeness (QED) is 0.606. The number of esters is 1. The van der Waals surface area contributed by atoms with Gasteiger partial charge in [0.1, 0.15) is 17.3 Å². The normalized spacial score (nSPS) is 54.1. The third-order valence-electron chi connectivity index (χ3n) is 9.85. The lowest BCUT2D eigenvalue weighted by molar-refractivity contribution is -0.272. The van der Waals surface area contributed by atoms with Crippen molar-refractivity contribution in [1.29, 1.82) is 0 Å². The number of ketones is 1. The highest BCUT2D eigenvalue weighted by molar-refractivity contribution is 5.86. The predicted octanol–water partition coefficient (Wildman–Crippen LogP) is 2.37. The Labute approximate surface area is 173 Å². The number of ether oxygens (including phenoxy) is 1. The van der Waals surface area contributed by atoms with Gasteiger partial charge in [-0.05, 0) is 69.6 Å². The molecule has 4 aliphatic rings. The van der Waals surface area contributed by atoms with Crippen LogP contribution in [0, 0.1) is 28.6 Å². The monoisotopic (exact) mass is 408 g/mol. The third-order valence-corrected chi connectivity index (χ3v) is 9.85. The molecule has 0 aromatic heterocycles. The first-order valence-corrected chi connectivity index (χ1v) is 11.2. The summed E-state index contributed by atoms with van der Waals surface area (Å²) in [5.74, 6) is -0.0288. The molecule has 9 atom stereocenters. The SMILES string of the molecule is CC(=O)OC1CC2C3CCC(O)(C(C)=O)C3(C)CCC2C2(C)CCC(O)CC12O. The van der Waals surface area contributed by atoms with Crippen LogP contribution in [0.3, 0.4) is 0 Å². The topological polar surface area (TPSA) is 104 Å². The Bertz CT molecular complexity index is 722. The second-order valence-electron chi connectivity index (χ2n) is 10.9. The first kappa shape index (κ1) is 21.3.